The number of carbonyl (C=O) groups excluding carboxylic acids is 2. The summed E-state index contributed by atoms with van der Waals surface area (Å²) in [5.74, 6) is -2.77. The summed E-state index contributed by atoms with van der Waals surface area (Å²) < 4.78 is 10.0. The standard InChI is InChI=1S/C13H15NO4/c1-12(2)17-10(15)13(14,11(16)18-12)8-9-6-4-3-5-7-9/h3-7H,8,14H2,1-2H3. The number of cyclic esters (lactones) is 2. The van der Waals surface area contributed by atoms with E-state index in [1.807, 2.05) is 18.2 Å². The zero-order chi connectivity index (χ0) is 13.4. The number of nitrogens with two attached hydrogens (primary N) is 1. The van der Waals surface area contributed by atoms with Crippen molar-refractivity contribution in [3.8, 4) is 0 Å². The third kappa shape index (κ3) is 2.22. The first-order chi connectivity index (χ1) is 8.33. The highest BCUT2D eigenvalue weighted by atomic mass is 16.7. The molecule has 2 rings (SSSR count). The third-order valence-corrected chi connectivity index (χ3v) is 2.73. The van der Waals surface area contributed by atoms with Gasteiger partial charge in [0.2, 0.25) is 5.54 Å². The van der Waals surface area contributed by atoms with Gasteiger partial charge in [-0.3, -0.25) is 0 Å². The van der Waals surface area contributed by atoms with E-state index >= 15 is 0 Å². The topological polar surface area (TPSA) is 78.6 Å². The van der Waals surface area contributed by atoms with E-state index in [1.165, 1.54) is 13.8 Å². The van der Waals surface area contributed by atoms with Crippen LogP contribution >= 0.6 is 0 Å². The van der Waals surface area contributed by atoms with Gasteiger partial charge in [0.25, 0.3) is 5.79 Å². The first-order valence-electron chi connectivity index (χ1n) is 5.63. The molecule has 0 amide bonds. The number of hydrogen-bond acceptors (Lipinski definition) is 5. The monoisotopic (exact) mass is 249 g/mol. The summed E-state index contributed by atoms with van der Waals surface area (Å²) in [5.41, 5.74) is 4.86. The van der Waals surface area contributed by atoms with E-state index in [0.29, 0.717) is 0 Å². The lowest BCUT2D eigenvalue weighted by Crippen LogP contribution is -2.65. The molecule has 1 aliphatic rings. The molecular weight excluding hydrogens is 234 g/mol. The number of rotatable bonds is 2. The molecule has 0 aliphatic carbocycles. The molecule has 1 fully saturated rings. The summed E-state index contributed by atoms with van der Waals surface area (Å²) in [7, 11) is 0. The van der Waals surface area contributed by atoms with Gasteiger partial charge >= 0.3 is 11.9 Å². The number of carbonyl (C=O) groups is 2. The maximum atomic E-state index is 11.9. The van der Waals surface area contributed by atoms with Crippen LogP contribution in [0.2, 0.25) is 0 Å². The summed E-state index contributed by atoms with van der Waals surface area (Å²) in [5, 5.41) is 0. The van der Waals surface area contributed by atoms with Crippen molar-refractivity contribution in [2.75, 3.05) is 0 Å². The van der Waals surface area contributed by atoms with Crippen LogP contribution in [0.15, 0.2) is 30.3 Å². The summed E-state index contributed by atoms with van der Waals surface area (Å²) >= 11 is 0. The molecule has 1 aromatic carbocycles. The van der Waals surface area contributed by atoms with Crippen molar-refractivity contribution < 1.29 is 19.1 Å². The number of esters is 2. The van der Waals surface area contributed by atoms with Crippen LogP contribution in [0.4, 0.5) is 0 Å². The highest BCUT2D eigenvalue weighted by molar-refractivity contribution is 6.06. The highest BCUT2D eigenvalue weighted by Gasteiger charge is 2.53. The summed E-state index contributed by atoms with van der Waals surface area (Å²) in [4.78, 5) is 23.8. The molecule has 0 radical (unpaired) electrons. The molecule has 1 heterocycles. The fourth-order valence-electron chi connectivity index (χ4n) is 1.79. The van der Waals surface area contributed by atoms with Gasteiger partial charge in [0.15, 0.2) is 0 Å². The third-order valence-electron chi connectivity index (χ3n) is 2.73. The maximum Gasteiger partial charge on any atom is 0.341 e. The normalized spacial score (nSPS) is 21.1. The van der Waals surface area contributed by atoms with Gasteiger partial charge in [-0.1, -0.05) is 30.3 Å². The van der Waals surface area contributed by atoms with Gasteiger partial charge in [0.05, 0.1) is 0 Å². The molecule has 0 spiro atoms. The van der Waals surface area contributed by atoms with Crippen LogP contribution in [0, 0.1) is 0 Å². The second kappa shape index (κ2) is 4.10. The molecule has 0 unspecified atom stereocenters. The molecule has 18 heavy (non-hydrogen) atoms. The Morgan fingerprint density at radius 2 is 1.56 bits per heavy atom. The second-order valence-corrected chi connectivity index (χ2v) is 4.81. The quantitative estimate of drug-likeness (QED) is 0.618. The molecule has 1 aromatic rings. The van der Waals surface area contributed by atoms with Gasteiger partial charge in [-0.15, -0.1) is 0 Å². The van der Waals surface area contributed by atoms with Crippen molar-refractivity contribution in [1.82, 2.24) is 0 Å². The van der Waals surface area contributed by atoms with Gasteiger partial charge in [-0.05, 0) is 5.56 Å². The van der Waals surface area contributed by atoms with Crippen molar-refractivity contribution >= 4 is 11.9 Å². The molecule has 0 atom stereocenters. The lowest BCUT2D eigenvalue weighted by molar-refractivity contribution is -0.242. The SMILES string of the molecule is CC1(C)OC(=O)C(N)(Cc2ccccc2)C(=O)O1. The van der Waals surface area contributed by atoms with E-state index in [4.69, 9.17) is 15.2 Å². The zero-order valence-corrected chi connectivity index (χ0v) is 10.3. The summed E-state index contributed by atoms with van der Waals surface area (Å²) in [6.45, 7) is 2.98. The van der Waals surface area contributed by atoms with Crippen LogP contribution in [-0.4, -0.2) is 23.3 Å². The molecule has 1 aliphatic heterocycles. The highest BCUT2D eigenvalue weighted by Crippen LogP contribution is 2.27. The Labute approximate surface area is 105 Å². The van der Waals surface area contributed by atoms with Gasteiger partial charge in [0.1, 0.15) is 0 Å². The van der Waals surface area contributed by atoms with Crippen molar-refractivity contribution in [2.24, 2.45) is 5.73 Å². The molecule has 0 bridgehead atoms. The van der Waals surface area contributed by atoms with Gasteiger partial charge in [-0.25, -0.2) is 9.59 Å². The molecule has 96 valence electrons. The number of ether oxygens (including phenoxy) is 2. The molecule has 0 aromatic heterocycles. The fraction of sp³-hybridized carbons (Fsp3) is 0.385. The molecule has 0 saturated carbocycles. The van der Waals surface area contributed by atoms with E-state index < -0.39 is 23.3 Å². The Bertz CT molecular complexity index is 461. The van der Waals surface area contributed by atoms with Crippen molar-refractivity contribution in [3.05, 3.63) is 35.9 Å². The summed E-state index contributed by atoms with van der Waals surface area (Å²) in [6.07, 6.45) is 0.0571. The van der Waals surface area contributed by atoms with Crippen molar-refractivity contribution in [3.63, 3.8) is 0 Å². The molecule has 2 N–H and O–H groups in total. The fourth-order valence-corrected chi connectivity index (χ4v) is 1.79. The molecule has 5 nitrogen and oxygen atoms in total. The predicted molar refractivity (Wildman–Crippen MR) is 63.3 cm³/mol. The van der Waals surface area contributed by atoms with Crippen LogP contribution in [0.3, 0.4) is 0 Å². The minimum Gasteiger partial charge on any atom is -0.421 e. The first kappa shape index (κ1) is 12.6. The lowest BCUT2D eigenvalue weighted by atomic mass is 9.91. The first-order valence-corrected chi connectivity index (χ1v) is 5.63. The molecule has 1 saturated heterocycles. The summed E-state index contributed by atoms with van der Waals surface area (Å²) in [6, 6.07) is 9.03. The largest absolute Gasteiger partial charge is 0.421 e. The van der Waals surface area contributed by atoms with Crippen LogP contribution in [-0.2, 0) is 25.5 Å². The van der Waals surface area contributed by atoms with E-state index in [9.17, 15) is 9.59 Å². The Kier molecular flexibility index (Phi) is 2.86. The van der Waals surface area contributed by atoms with Gasteiger partial charge < -0.3 is 15.2 Å². The average molecular weight is 249 g/mol. The smallest absolute Gasteiger partial charge is 0.341 e. The van der Waals surface area contributed by atoms with Gasteiger partial charge in [-0.2, -0.15) is 0 Å². The maximum absolute atomic E-state index is 11.9. The number of benzene rings is 1. The zero-order valence-electron chi connectivity index (χ0n) is 10.3. The van der Waals surface area contributed by atoms with Crippen LogP contribution in [0.1, 0.15) is 19.4 Å². The van der Waals surface area contributed by atoms with Crippen LogP contribution in [0.25, 0.3) is 0 Å². The lowest BCUT2D eigenvalue weighted by Gasteiger charge is -2.38. The Hall–Kier alpha value is -1.88. The minimum absolute atomic E-state index is 0.0571. The molecular formula is C13H15NO4. The van der Waals surface area contributed by atoms with Gasteiger partial charge in [0, 0.05) is 20.3 Å². The van der Waals surface area contributed by atoms with Crippen molar-refractivity contribution in [1.29, 1.82) is 0 Å². The Balaban J connectivity index is 2.25. The second-order valence-electron chi connectivity index (χ2n) is 4.81. The predicted octanol–water partition coefficient (Wildman–Crippen LogP) is 0.763. The van der Waals surface area contributed by atoms with E-state index in [1.54, 1.807) is 12.1 Å². The number of hydrogen-bond donors (Lipinski definition) is 1. The minimum atomic E-state index is -1.77. The van der Waals surface area contributed by atoms with Crippen LogP contribution in [0.5, 0.6) is 0 Å². The Morgan fingerprint density at radius 1 is 1.06 bits per heavy atom. The molecule has 5 heteroatoms. The van der Waals surface area contributed by atoms with E-state index in [0.717, 1.165) is 5.56 Å². The van der Waals surface area contributed by atoms with Crippen LogP contribution < -0.4 is 5.73 Å². The average Bonchev–Trinajstić information content (AvgIpc) is 2.27. The van der Waals surface area contributed by atoms with E-state index in [2.05, 4.69) is 0 Å². The van der Waals surface area contributed by atoms with E-state index in [-0.39, 0.29) is 6.42 Å². The Morgan fingerprint density at radius 3 is 2.06 bits per heavy atom. The van der Waals surface area contributed by atoms with Crippen molar-refractivity contribution in [2.45, 2.75) is 31.6 Å².